The number of carbonyl (C=O) groups excluding carboxylic acids is 1. The number of piperidine rings is 1. The number of carboxylic acids is 1. The fraction of sp³-hybridized carbons (Fsp3) is 0.444. The van der Waals surface area contributed by atoms with E-state index in [-0.39, 0.29) is 18.5 Å². The molecule has 0 saturated carbocycles. The topological polar surface area (TPSA) is 100 Å². The number of nitrogens with zero attached hydrogens (tertiary/aromatic N) is 4. The van der Waals surface area contributed by atoms with E-state index < -0.39 is 11.9 Å². The summed E-state index contributed by atoms with van der Waals surface area (Å²) in [5.74, 6) is 0.456. The first kappa shape index (κ1) is 17.9. The van der Waals surface area contributed by atoms with Crippen molar-refractivity contribution < 1.29 is 14.7 Å². The number of hydrogen-bond acceptors (Lipinski definition) is 4. The summed E-state index contributed by atoms with van der Waals surface area (Å²) in [7, 11) is 0. The van der Waals surface area contributed by atoms with Gasteiger partial charge in [-0.05, 0) is 30.9 Å². The summed E-state index contributed by atoms with van der Waals surface area (Å²) in [5.41, 5.74) is 0.875. The van der Waals surface area contributed by atoms with Gasteiger partial charge in [0.05, 0.1) is 5.92 Å². The zero-order valence-corrected chi connectivity index (χ0v) is 14.9. The molecule has 2 atom stereocenters. The summed E-state index contributed by atoms with van der Waals surface area (Å²) >= 11 is 0. The Morgan fingerprint density at radius 1 is 1.31 bits per heavy atom. The van der Waals surface area contributed by atoms with Crippen LogP contribution in [-0.4, -0.2) is 49.6 Å². The number of aromatic nitrogens is 3. The normalized spacial score (nSPS) is 20.0. The number of rotatable bonds is 4. The summed E-state index contributed by atoms with van der Waals surface area (Å²) in [6.45, 7) is 5.04. The summed E-state index contributed by atoms with van der Waals surface area (Å²) in [6, 6.07) is 3.54. The molecular formula is C18H23N5O3. The average Bonchev–Trinajstić information content (AvgIpc) is 3.05. The van der Waals surface area contributed by atoms with Crippen molar-refractivity contribution >= 4 is 12.0 Å². The average molecular weight is 357 g/mol. The van der Waals surface area contributed by atoms with Gasteiger partial charge < -0.3 is 15.3 Å². The number of pyridine rings is 1. The van der Waals surface area contributed by atoms with Crippen LogP contribution >= 0.6 is 0 Å². The van der Waals surface area contributed by atoms with Crippen molar-refractivity contribution in [3.8, 4) is 5.82 Å². The van der Waals surface area contributed by atoms with E-state index in [0.717, 1.165) is 17.2 Å². The third-order valence-electron chi connectivity index (χ3n) is 4.62. The monoisotopic (exact) mass is 357 g/mol. The van der Waals surface area contributed by atoms with Crippen molar-refractivity contribution in [3.05, 3.63) is 42.1 Å². The fourth-order valence-corrected chi connectivity index (χ4v) is 3.27. The summed E-state index contributed by atoms with van der Waals surface area (Å²) in [6.07, 6.45) is 5.89. The van der Waals surface area contributed by atoms with Crippen molar-refractivity contribution in [2.75, 3.05) is 13.1 Å². The molecule has 2 aromatic rings. The van der Waals surface area contributed by atoms with E-state index in [4.69, 9.17) is 0 Å². The number of carbonyl (C=O) groups is 2. The minimum absolute atomic E-state index is 0.176. The maximum atomic E-state index is 12.4. The molecule has 26 heavy (non-hydrogen) atoms. The van der Waals surface area contributed by atoms with Gasteiger partial charge in [-0.15, -0.1) is 0 Å². The second kappa shape index (κ2) is 7.55. The van der Waals surface area contributed by atoms with Crippen LogP contribution in [0.3, 0.4) is 0 Å². The molecule has 3 rings (SSSR count). The predicted molar refractivity (Wildman–Crippen MR) is 94.8 cm³/mol. The molecule has 0 radical (unpaired) electrons. The molecule has 0 aromatic carbocycles. The van der Waals surface area contributed by atoms with Gasteiger partial charge in [-0.1, -0.05) is 13.0 Å². The highest BCUT2D eigenvalue weighted by Gasteiger charge is 2.31. The number of amides is 2. The van der Waals surface area contributed by atoms with Crippen molar-refractivity contribution in [1.29, 1.82) is 0 Å². The molecule has 138 valence electrons. The Morgan fingerprint density at radius 3 is 2.73 bits per heavy atom. The molecule has 3 heterocycles. The van der Waals surface area contributed by atoms with E-state index in [1.807, 2.05) is 36.7 Å². The molecule has 1 fully saturated rings. The van der Waals surface area contributed by atoms with Gasteiger partial charge in [-0.2, -0.15) is 0 Å². The number of imidazole rings is 1. The molecular weight excluding hydrogens is 334 g/mol. The van der Waals surface area contributed by atoms with Crippen LogP contribution in [-0.2, 0) is 11.3 Å². The van der Waals surface area contributed by atoms with Gasteiger partial charge in [0.1, 0.15) is 11.6 Å². The van der Waals surface area contributed by atoms with Crippen LogP contribution in [0.2, 0.25) is 0 Å². The number of aliphatic carboxylic acids is 1. The lowest BCUT2D eigenvalue weighted by Gasteiger charge is -2.34. The van der Waals surface area contributed by atoms with Crippen molar-refractivity contribution in [2.45, 2.75) is 26.8 Å². The first-order valence-corrected chi connectivity index (χ1v) is 8.65. The van der Waals surface area contributed by atoms with Gasteiger partial charge in [-0.3, -0.25) is 9.36 Å². The molecule has 2 N–H and O–H groups in total. The lowest BCUT2D eigenvalue weighted by atomic mass is 9.91. The highest BCUT2D eigenvalue weighted by Crippen LogP contribution is 2.21. The number of urea groups is 1. The van der Waals surface area contributed by atoms with Gasteiger partial charge in [0.2, 0.25) is 0 Å². The molecule has 0 aliphatic carbocycles. The lowest BCUT2D eigenvalue weighted by Crippen LogP contribution is -2.49. The lowest BCUT2D eigenvalue weighted by molar-refractivity contribution is -0.143. The van der Waals surface area contributed by atoms with Crippen LogP contribution in [0.15, 0.2) is 30.7 Å². The van der Waals surface area contributed by atoms with E-state index >= 15 is 0 Å². The second-order valence-electron chi connectivity index (χ2n) is 6.81. The van der Waals surface area contributed by atoms with Gasteiger partial charge in [0.25, 0.3) is 0 Å². The van der Waals surface area contributed by atoms with Crippen molar-refractivity contribution in [1.82, 2.24) is 24.8 Å². The van der Waals surface area contributed by atoms with E-state index in [1.165, 1.54) is 0 Å². The molecule has 2 aromatic heterocycles. The third-order valence-corrected chi connectivity index (χ3v) is 4.62. The molecule has 2 unspecified atom stereocenters. The van der Waals surface area contributed by atoms with Crippen LogP contribution in [0.4, 0.5) is 4.79 Å². The molecule has 1 aliphatic rings. The zero-order valence-electron chi connectivity index (χ0n) is 14.9. The first-order chi connectivity index (χ1) is 12.4. The number of carboxylic acid groups (broad SMARTS) is 1. The van der Waals surface area contributed by atoms with E-state index in [9.17, 15) is 14.7 Å². The molecule has 2 amide bonds. The van der Waals surface area contributed by atoms with E-state index in [1.54, 1.807) is 17.3 Å². The minimum Gasteiger partial charge on any atom is -0.481 e. The quantitative estimate of drug-likeness (QED) is 0.869. The smallest absolute Gasteiger partial charge is 0.317 e. The number of aryl methyl sites for hydroxylation is 1. The summed E-state index contributed by atoms with van der Waals surface area (Å²) in [5, 5.41) is 12.1. The number of nitrogens with one attached hydrogen (secondary N) is 1. The maximum Gasteiger partial charge on any atom is 0.317 e. The largest absolute Gasteiger partial charge is 0.481 e. The fourth-order valence-electron chi connectivity index (χ4n) is 3.27. The van der Waals surface area contributed by atoms with Gasteiger partial charge in [0.15, 0.2) is 0 Å². The SMILES string of the molecule is Cc1nccn1-c1ccc(CNC(=O)N2CC(C)CC(C(=O)O)C2)cn1. The molecule has 1 aliphatic heterocycles. The van der Waals surface area contributed by atoms with Crippen LogP contribution in [0, 0.1) is 18.8 Å². The van der Waals surface area contributed by atoms with Crippen LogP contribution in [0.1, 0.15) is 24.7 Å². The van der Waals surface area contributed by atoms with Gasteiger partial charge >= 0.3 is 12.0 Å². The minimum atomic E-state index is -0.844. The predicted octanol–water partition coefficient (Wildman–Crippen LogP) is 1.83. The standard InChI is InChI=1S/C18H23N5O3/c1-12-7-15(17(24)25)11-22(10-12)18(26)21-9-14-3-4-16(20-8-14)23-6-5-19-13(23)2/h3-6,8,12,15H,7,9-11H2,1-2H3,(H,21,26)(H,24,25). The first-order valence-electron chi connectivity index (χ1n) is 8.65. The Hall–Kier alpha value is -2.90. The van der Waals surface area contributed by atoms with Crippen LogP contribution < -0.4 is 5.32 Å². The Morgan fingerprint density at radius 2 is 2.12 bits per heavy atom. The van der Waals surface area contributed by atoms with Crippen LogP contribution in [0.5, 0.6) is 0 Å². The summed E-state index contributed by atoms with van der Waals surface area (Å²) < 4.78 is 1.88. The van der Waals surface area contributed by atoms with E-state index in [0.29, 0.717) is 19.5 Å². The molecule has 0 bridgehead atoms. The van der Waals surface area contributed by atoms with Crippen molar-refractivity contribution in [2.24, 2.45) is 11.8 Å². The van der Waals surface area contributed by atoms with Gasteiger partial charge in [-0.25, -0.2) is 14.8 Å². The molecule has 8 nitrogen and oxygen atoms in total. The Bertz CT molecular complexity index is 786. The van der Waals surface area contributed by atoms with Gasteiger partial charge in [0, 0.05) is 38.2 Å². The Kier molecular flexibility index (Phi) is 5.20. The molecule has 1 saturated heterocycles. The van der Waals surface area contributed by atoms with Crippen molar-refractivity contribution in [3.63, 3.8) is 0 Å². The van der Waals surface area contributed by atoms with E-state index in [2.05, 4.69) is 15.3 Å². The molecule has 8 heteroatoms. The highest BCUT2D eigenvalue weighted by molar-refractivity contribution is 5.76. The highest BCUT2D eigenvalue weighted by atomic mass is 16.4. The number of hydrogen-bond donors (Lipinski definition) is 2. The Balaban J connectivity index is 1.57. The summed E-state index contributed by atoms with van der Waals surface area (Å²) in [4.78, 5) is 33.8. The van der Waals surface area contributed by atoms with Crippen LogP contribution in [0.25, 0.3) is 5.82 Å². The number of likely N-dealkylation sites (tertiary alicyclic amines) is 1. The zero-order chi connectivity index (χ0) is 18.7. The Labute approximate surface area is 151 Å². The second-order valence-corrected chi connectivity index (χ2v) is 6.81. The third kappa shape index (κ3) is 4.01. The molecule has 0 spiro atoms. The maximum absolute atomic E-state index is 12.4.